The number of aromatic nitrogens is 1. The second-order valence-electron chi connectivity index (χ2n) is 7.59. The molecule has 1 aromatic heterocycles. The summed E-state index contributed by atoms with van der Waals surface area (Å²) in [6.07, 6.45) is 2.43. The molecule has 1 aliphatic heterocycles. The lowest BCUT2D eigenvalue weighted by Crippen LogP contribution is -2.48. The Morgan fingerprint density at radius 3 is 2.58 bits per heavy atom. The van der Waals surface area contributed by atoms with Crippen molar-refractivity contribution in [3.8, 4) is 11.5 Å². The summed E-state index contributed by atoms with van der Waals surface area (Å²) in [5.74, 6) is 1.39. The summed E-state index contributed by atoms with van der Waals surface area (Å²) in [7, 11) is 1.48. The van der Waals surface area contributed by atoms with Crippen LogP contribution in [0.1, 0.15) is 17.2 Å². The molecule has 1 unspecified atom stereocenters. The van der Waals surface area contributed by atoms with Crippen molar-refractivity contribution in [1.82, 2.24) is 9.88 Å². The molecule has 0 aliphatic carbocycles. The molecular formula is C24H24N4O5. The molecule has 4 rings (SSSR count). The second-order valence-corrected chi connectivity index (χ2v) is 7.59. The van der Waals surface area contributed by atoms with Crippen LogP contribution in [0.5, 0.6) is 11.5 Å². The predicted molar refractivity (Wildman–Crippen MR) is 122 cm³/mol. The summed E-state index contributed by atoms with van der Waals surface area (Å²) in [5.41, 5.74) is 1.19. The van der Waals surface area contributed by atoms with Gasteiger partial charge in [0.2, 0.25) is 6.41 Å². The van der Waals surface area contributed by atoms with E-state index in [1.54, 1.807) is 17.2 Å². The van der Waals surface area contributed by atoms with Gasteiger partial charge in [-0.05, 0) is 23.8 Å². The number of pyridine rings is 1. The van der Waals surface area contributed by atoms with Crippen LogP contribution >= 0.6 is 0 Å². The van der Waals surface area contributed by atoms with Gasteiger partial charge in [0.1, 0.15) is 12.4 Å². The van der Waals surface area contributed by atoms with E-state index in [2.05, 4.69) is 4.98 Å². The summed E-state index contributed by atoms with van der Waals surface area (Å²) in [5, 5.41) is 12.0. The largest absolute Gasteiger partial charge is 0.493 e. The zero-order valence-corrected chi connectivity index (χ0v) is 18.2. The van der Waals surface area contributed by atoms with E-state index < -0.39 is 11.0 Å². The topological polar surface area (TPSA) is 98.0 Å². The fourth-order valence-corrected chi connectivity index (χ4v) is 3.95. The molecule has 9 heteroatoms. The third kappa shape index (κ3) is 4.87. The molecule has 33 heavy (non-hydrogen) atoms. The molecule has 0 N–H and O–H groups in total. The molecule has 1 fully saturated rings. The first-order valence-electron chi connectivity index (χ1n) is 10.5. The Morgan fingerprint density at radius 2 is 1.91 bits per heavy atom. The minimum absolute atomic E-state index is 0.126. The molecule has 170 valence electrons. The Bertz CT molecular complexity index is 1110. The maximum atomic E-state index is 12.0. The van der Waals surface area contributed by atoms with Gasteiger partial charge < -0.3 is 19.3 Å². The van der Waals surface area contributed by atoms with Gasteiger partial charge in [0.25, 0.3) is 5.69 Å². The van der Waals surface area contributed by atoms with E-state index in [-0.39, 0.29) is 18.0 Å². The van der Waals surface area contributed by atoms with Crippen LogP contribution in [0.3, 0.4) is 0 Å². The van der Waals surface area contributed by atoms with Gasteiger partial charge in [-0.2, -0.15) is 0 Å². The van der Waals surface area contributed by atoms with Crippen LogP contribution in [-0.2, 0) is 11.4 Å². The van der Waals surface area contributed by atoms with Crippen LogP contribution in [0.25, 0.3) is 0 Å². The molecule has 2 heterocycles. The fraction of sp³-hybridized carbons (Fsp3) is 0.250. The molecule has 0 spiro atoms. The molecule has 1 saturated heterocycles. The Labute approximate surface area is 191 Å². The van der Waals surface area contributed by atoms with Gasteiger partial charge in [-0.15, -0.1) is 0 Å². The van der Waals surface area contributed by atoms with Gasteiger partial charge in [-0.25, -0.2) is 4.98 Å². The highest BCUT2D eigenvalue weighted by atomic mass is 16.6. The first-order chi connectivity index (χ1) is 16.1. The predicted octanol–water partition coefficient (Wildman–Crippen LogP) is 3.60. The van der Waals surface area contributed by atoms with Crippen molar-refractivity contribution in [2.45, 2.75) is 12.6 Å². The molecule has 2 aromatic carbocycles. The van der Waals surface area contributed by atoms with Gasteiger partial charge in [-0.1, -0.05) is 36.4 Å². The number of anilines is 1. The first kappa shape index (κ1) is 22.1. The molecule has 3 aromatic rings. The SMILES string of the molecule is COc1cc(C2CN(c3ccccn3)CCN2C=O)c([N+](=O)[O-])cc1OCc1ccccc1. The average molecular weight is 448 g/mol. The quantitative estimate of drug-likeness (QED) is 0.295. The van der Waals surface area contributed by atoms with Crippen molar-refractivity contribution in [3.63, 3.8) is 0 Å². The standard InChI is InChI=1S/C24H24N4O5/c1-32-22-13-19(20(28(30)31)14-23(22)33-16-18-7-3-2-4-8-18)21-15-26(11-12-27(21)17-29)24-9-5-6-10-25-24/h2-10,13-14,17,21H,11-12,15-16H2,1H3. The lowest BCUT2D eigenvalue weighted by molar-refractivity contribution is -0.386. The van der Waals surface area contributed by atoms with E-state index in [1.807, 2.05) is 53.4 Å². The molecule has 9 nitrogen and oxygen atoms in total. The number of hydrogen-bond acceptors (Lipinski definition) is 7. The van der Waals surface area contributed by atoms with E-state index in [0.29, 0.717) is 30.9 Å². The van der Waals surface area contributed by atoms with Crippen molar-refractivity contribution < 1.29 is 19.2 Å². The van der Waals surface area contributed by atoms with Crippen LogP contribution in [0, 0.1) is 10.1 Å². The van der Waals surface area contributed by atoms with Crippen molar-refractivity contribution in [2.24, 2.45) is 0 Å². The van der Waals surface area contributed by atoms with E-state index >= 15 is 0 Å². The zero-order chi connectivity index (χ0) is 23.2. The Kier molecular flexibility index (Phi) is 6.68. The van der Waals surface area contributed by atoms with Crippen molar-refractivity contribution in [2.75, 3.05) is 31.6 Å². The van der Waals surface area contributed by atoms with Gasteiger partial charge in [0.05, 0.1) is 29.7 Å². The molecular weight excluding hydrogens is 424 g/mol. The summed E-state index contributed by atoms with van der Waals surface area (Å²) < 4.78 is 11.4. The summed E-state index contributed by atoms with van der Waals surface area (Å²) in [6.45, 7) is 1.60. The van der Waals surface area contributed by atoms with Crippen molar-refractivity contribution in [1.29, 1.82) is 0 Å². The summed E-state index contributed by atoms with van der Waals surface area (Å²) in [6, 6.07) is 17.5. The molecule has 1 aliphatic rings. The number of carbonyl (C=O) groups excluding carboxylic acids is 1. The molecule has 0 radical (unpaired) electrons. The Morgan fingerprint density at radius 1 is 1.12 bits per heavy atom. The Hall–Kier alpha value is -4.14. The second kappa shape index (κ2) is 9.99. The van der Waals surface area contributed by atoms with Crippen LogP contribution < -0.4 is 14.4 Å². The third-order valence-electron chi connectivity index (χ3n) is 5.64. The number of piperazine rings is 1. The summed E-state index contributed by atoms with van der Waals surface area (Å²) >= 11 is 0. The average Bonchev–Trinajstić information content (AvgIpc) is 2.87. The number of ether oxygens (including phenoxy) is 2. The lowest BCUT2D eigenvalue weighted by Gasteiger charge is -2.40. The monoisotopic (exact) mass is 448 g/mol. The molecule has 1 amide bonds. The van der Waals surface area contributed by atoms with Crippen LogP contribution in [0.2, 0.25) is 0 Å². The number of nitrogens with zero attached hydrogens (tertiary/aromatic N) is 4. The maximum Gasteiger partial charge on any atom is 0.278 e. The highest BCUT2D eigenvalue weighted by molar-refractivity contribution is 5.59. The number of methoxy groups -OCH3 is 1. The highest BCUT2D eigenvalue weighted by Crippen LogP contribution is 2.40. The minimum atomic E-state index is -0.546. The van der Waals surface area contributed by atoms with Gasteiger partial charge >= 0.3 is 0 Å². The molecule has 0 bridgehead atoms. The number of carbonyl (C=O) groups is 1. The van der Waals surface area contributed by atoms with Crippen LogP contribution in [-0.4, -0.2) is 48.0 Å². The van der Waals surface area contributed by atoms with Gasteiger partial charge in [0, 0.05) is 25.8 Å². The highest BCUT2D eigenvalue weighted by Gasteiger charge is 2.34. The number of hydrogen-bond donors (Lipinski definition) is 0. The number of nitro benzene ring substituents is 1. The van der Waals surface area contributed by atoms with E-state index in [4.69, 9.17) is 9.47 Å². The number of nitro groups is 1. The van der Waals surface area contributed by atoms with Crippen molar-refractivity contribution >= 4 is 17.9 Å². The van der Waals surface area contributed by atoms with Gasteiger partial charge in [0.15, 0.2) is 11.5 Å². The van der Waals surface area contributed by atoms with Crippen molar-refractivity contribution in [3.05, 3.63) is 88.1 Å². The molecule has 0 saturated carbocycles. The smallest absolute Gasteiger partial charge is 0.278 e. The number of amides is 1. The van der Waals surface area contributed by atoms with E-state index in [0.717, 1.165) is 17.8 Å². The maximum absolute atomic E-state index is 12.0. The van der Waals surface area contributed by atoms with E-state index in [9.17, 15) is 14.9 Å². The summed E-state index contributed by atoms with van der Waals surface area (Å²) in [4.78, 5) is 31.3. The normalized spacial score (nSPS) is 15.7. The zero-order valence-electron chi connectivity index (χ0n) is 18.2. The van der Waals surface area contributed by atoms with E-state index in [1.165, 1.54) is 13.2 Å². The minimum Gasteiger partial charge on any atom is -0.493 e. The number of benzene rings is 2. The van der Waals surface area contributed by atoms with Crippen LogP contribution in [0.15, 0.2) is 66.9 Å². The number of rotatable bonds is 8. The van der Waals surface area contributed by atoms with Crippen LogP contribution in [0.4, 0.5) is 11.5 Å². The lowest BCUT2D eigenvalue weighted by atomic mass is 9.99. The third-order valence-corrected chi connectivity index (χ3v) is 5.64. The first-order valence-corrected chi connectivity index (χ1v) is 10.5. The Balaban J connectivity index is 1.68. The fourth-order valence-electron chi connectivity index (χ4n) is 3.95. The molecule has 1 atom stereocenters. The van der Waals surface area contributed by atoms with Gasteiger partial charge in [-0.3, -0.25) is 14.9 Å².